The lowest BCUT2D eigenvalue weighted by Crippen LogP contribution is -2.25. The van der Waals surface area contributed by atoms with Crippen LogP contribution in [0.25, 0.3) is 0 Å². The van der Waals surface area contributed by atoms with Gasteiger partial charge < -0.3 is 9.47 Å². The minimum Gasteiger partial charge on any atom is -0.483 e. The highest BCUT2D eigenvalue weighted by atomic mass is 16.6. The smallest absolute Gasteiger partial charge is 0.343 e. The zero-order chi connectivity index (χ0) is 23.8. The Morgan fingerprint density at radius 1 is 1.00 bits per heavy atom. The lowest BCUT2D eigenvalue weighted by atomic mass is 10.1. The number of nitrogens with zero attached hydrogens (tertiary/aromatic N) is 2. The van der Waals surface area contributed by atoms with E-state index >= 15 is 0 Å². The third kappa shape index (κ3) is 6.23. The molecule has 0 saturated heterocycles. The lowest BCUT2D eigenvalue weighted by Gasteiger charge is -2.10. The van der Waals surface area contributed by atoms with Crippen LogP contribution >= 0.6 is 0 Å². The second-order valence-electron chi connectivity index (χ2n) is 7.03. The fraction of sp³-hybridized carbons (Fsp3) is 0.125. The van der Waals surface area contributed by atoms with Crippen LogP contribution in [0.1, 0.15) is 27.0 Å². The third-order valence-electron chi connectivity index (χ3n) is 4.58. The highest BCUT2D eigenvalue weighted by Crippen LogP contribution is 2.22. The van der Waals surface area contributed by atoms with Crippen molar-refractivity contribution < 1.29 is 24.0 Å². The molecule has 9 heteroatoms. The Labute approximate surface area is 189 Å². The van der Waals surface area contributed by atoms with Gasteiger partial charge in [-0.25, -0.2) is 10.2 Å². The topological polar surface area (TPSA) is 120 Å². The van der Waals surface area contributed by atoms with Gasteiger partial charge in [0.1, 0.15) is 11.5 Å². The molecule has 3 aromatic rings. The van der Waals surface area contributed by atoms with Crippen LogP contribution in [-0.4, -0.2) is 29.6 Å². The fourth-order valence-electron chi connectivity index (χ4n) is 2.93. The van der Waals surface area contributed by atoms with Crippen molar-refractivity contribution in [1.29, 1.82) is 0 Å². The molecule has 0 unspecified atom stereocenters. The summed E-state index contributed by atoms with van der Waals surface area (Å²) >= 11 is 0. The van der Waals surface area contributed by atoms with E-state index in [0.29, 0.717) is 11.3 Å². The zero-order valence-electron chi connectivity index (χ0n) is 18.0. The highest BCUT2D eigenvalue weighted by Gasteiger charge is 2.13. The first kappa shape index (κ1) is 23.1. The van der Waals surface area contributed by atoms with Crippen molar-refractivity contribution in [3.8, 4) is 11.5 Å². The normalized spacial score (nSPS) is 10.6. The Balaban J connectivity index is 1.60. The largest absolute Gasteiger partial charge is 0.483 e. The maximum Gasteiger partial charge on any atom is 0.343 e. The van der Waals surface area contributed by atoms with Gasteiger partial charge in [0.25, 0.3) is 11.6 Å². The molecule has 0 saturated carbocycles. The second-order valence-corrected chi connectivity index (χ2v) is 7.03. The predicted octanol–water partition coefficient (Wildman–Crippen LogP) is 3.96. The van der Waals surface area contributed by atoms with E-state index in [1.807, 2.05) is 32.0 Å². The van der Waals surface area contributed by atoms with Crippen molar-refractivity contribution in [2.45, 2.75) is 13.8 Å². The van der Waals surface area contributed by atoms with Crippen LogP contribution in [0.5, 0.6) is 11.5 Å². The number of ether oxygens (including phenoxy) is 2. The molecule has 0 radical (unpaired) electrons. The Morgan fingerprint density at radius 2 is 1.67 bits per heavy atom. The van der Waals surface area contributed by atoms with Crippen LogP contribution in [0, 0.1) is 24.0 Å². The van der Waals surface area contributed by atoms with Gasteiger partial charge in [0.05, 0.1) is 16.7 Å². The SMILES string of the molecule is Cc1cccc(C)c1OCC(=O)N/N=C\c1ccccc1OC(=O)c1ccc([N+](=O)[O-])cc1. The van der Waals surface area contributed by atoms with E-state index in [2.05, 4.69) is 10.5 Å². The molecule has 0 aliphatic carbocycles. The van der Waals surface area contributed by atoms with E-state index in [9.17, 15) is 19.7 Å². The van der Waals surface area contributed by atoms with E-state index in [-0.39, 0.29) is 23.6 Å². The van der Waals surface area contributed by atoms with Crippen LogP contribution in [0.2, 0.25) is 0 Å². The molecule has 0 spiro atoms. The number of aryl methyl sites for hydroxylation is 2. The first-order chi connectivity index (χ1) is 15.8. The first-order valence-electron chi connectivity index (χ1n) is 9.91. The molecule has 0 fully saturated rings. The maximum atomic E-state index is 12.4. The molecule has 168 valence electrons. The Kier molecular flexibility index (Phi) is 7.48. The summed E-state index contributed by atoms with van der Waals surface area (Å²) < 4.78 is 11.0. The summed E-state index contributed by atoms with van der Waals surface area (Å²) in [5.74, 6) is -0.267. The Morgan fingerprint density at radius 3 is 2.33 bits per heavy atom. The molecule has 3 aromatic carbocycles. The number of rotatable bonds is 8. The number of nitro benzene ring substituents is 1. The van der Waals surface area contributed by atoms with Crippen molar-refractivity contribution in [1.82, 2.24) is 5.43 Å². The van der Waals surface area contributed by atoms with Crippen LogP contribution in [-0.2, 0) is 4.79 Å². The number of carbonyl (C=O) groups is 2. The van der Waals surface area contributed by atoms with Crippen LogP contribution in [0.3, 0.4) is 0 Å². The molecule has 1 N–H and O–H groups in total. The van der Waals surface area contributed by atoms with Crippen molar-refractivity contribution in [2.24, 2.45) is 5.10 Å². The van der Waals surface area contributed by atoms with Crippen LogP contribution < -0.4 is 14.9 Å². The quantitative estimate of drug-likeness (QED) is 0.183. The maximum absolute atomic E-state index is 12.4. The summed E-state index contributed by atoms with van der Waals surface area (Å²) in [6, 6.07) is 17.4. The molecule has 33 heavy (non-hydrogen) atoms. The molecule has 0 aliphatic rings. The van der Waals surface area contributed by atoms with E-state index in [1.54, 1.807) is 24.3 Å². The van der Waals surface area contributed by atoms with Gasteiger partial charge >= 0.3 is 5.97 Å². The Hall–Kier alpha value is -4.53. The van der Waals surface area contributed by atoms with E-state index in [1.165, 1.54) is 30.5 Å². The summed E-state index contributed by atoms with van der Waals surface area (Å²) in [4.78, 5) is 34.6. The van der Waals surface area contributed by atoms with Crippen molar-refractivity contribution in [3.63, 3.8) is 0 Å². The van der Waals surface area contributed by atoms with Gasteiger partial charge in [-0.3, -0.25) is 14.9 Å². The summed E-state index contributed by atoms with van der Waals surface area (Å²) in [6.07, 6.45) is 1.34. The predicted molar refractivity (Wildman–Crippen MR) is 122 cm³/mol. The number of hydrogen-bond donors (Lipinski definition) is 1. The lowest BCUT2D eigenvalue weighted by molar-refractivity contribution is -0.384. The molecule has 9 nitrogen and oxygen atoms in total. The van der Waals surface area contributed by atoms with Gasteiger partial charge in [0.15, 0.2) is 6.61 Å². The number of hydrogen-bond acceptors (Lipinski definition) is 7. The van der Waals surface area contributed by atoms with Gasteiger partial charge in [-0.1, -0.05) is 30.3 Å². The van der Waals surface area contributed by atoms with Crippen molar-refractivity contribution >= 4 is 23.8 Å². The number of nitro groups is 1. The van der Waals surface area contributed by atoms with Crippen LogP contribution in [0.15, 0.2) is 71.8 Å². The minimum atomic E-state index is -0.684. The number of benzene rings is 3. The molecule has 0 bridgehead atoms. The van der Waals surface area contributed by atoms with E-state index < -0.39 is 16.8 Å². The van der Waals surface area contributed by atoms with Gasteiger partial charge in [0.2, 0.25) is 0 Å². The summed E-state index contributed by atoms with van der Waals surface area (Å²) in [5.41, 5.74) is 4.70. The van der Waals surface area contributed by atoms with Crippen LogP contribution in [0.4, 0.5) is 5.69 Å². The zero-order valence-corrected chi connectivity index (χ0v) is 18.0. The molecule has 1 amide bonds. The van der Waals surface area contributed by atoms with Crippen molar-refractivity contribution in [2.75, 3.05) is 6.61 Å². The average Bonchev–Trinajstić information content (AvgIpc) is 2.80. The second kappa shape index (κ2) is 10.7. The van der Waals surface area contributed by atoms with Crippen molar-refractivity contribution in [3.05, 3.63) is 99.1 Å². The summed E-state index contributed by atoms with van der Waals surface area (Å²) in [5, 5.41) is 14.6. The molecule has 0 aliphatic heterocycles. The summed E-state index contributed by atoms with van der Waals surface area (Å²) in [7, 11) is 0. The number of esters is 1. The molecular formula is C24H21N3O6. The number of hydrazone groups is 1. The van der Waals surface area contributed by atoms with Gasteiger partial charge in [-0.15, -0.1) is 0 Å². The Bertz CT molecular complexity index is 1180. The van der Waals surface area contributed by atoms with Gasteiger partial charge in [-0.2, -0.15) is 5.10 Å². The fourth-order valence-corrected chi connectivity index (χ4v) is 2.93. The first-order valence-corrected chi connectivity index (χ1v) is 9.91. The minimum absolute atomic E-state index is 0.128. The number of nitrogens with one attached hydrogen (secondary N) is 1. The van der Waals surface area contributed by atoms with Gasteiger partial charge in [0, 0.05) is 17.7 Å². The van der Waals surface area contributed by atoms with Gasteiger partial charge in [-0.05, 0) is 49.2 Å². The number of carbonyl (C=O) groups excluding carboxylic acids is 2. The summed E-state index contributed by atoms with van der Waals surface area (Å²) in [6.45, 7) is 3.58. The van der Waals surface area contributed by atoms with E-state index in [0.717, 1.165) is 11.1 Å². The number of para-hydroxylation sites is 2. The molecule has 3 rings (SSSR count). The van der Waals surface area contributed by atoms with E-state index in [4.69, 9.17) is 9.47 Å². The average molecular weight is 447 g/mol. The third-order valence-corrected chi connectivity index (χ3v) is 4.58. The monoisotopic (exact) mass is 447 g/mol. The highest BCUT2D eigenvalue weighted by molar-refractivity contribution is 5.93. The number of amides is 1. The molecule has 0 aromatic heterocycles. The molecule has 0 atom stereocenters. The number of non-ortho nitro benzene ring substituents is 1. The standard InChI is InChI=1S/C24H21N3O6/c1-16-6-5-7-17(2)23(16)32-15-22(28)26-25-14-19-8-3-4-9-21(19)33-24(29)18-10-12-20(13-11-18)27(30)31/h3-14H,15H2,1-2H3,(H,26,28)/b25-14-. The molecule has 0 heterocycles. The molecular weight excluding hydrogens is 426 g/mol.